The number of aliphatic imine (C=N–C) groups is 1. The number of benzene rings is 2. The van der Waals surface area contributed by atoms with Crippen LogP contribution in [-0.4, -0.2) is 20.5 Å². The zero-order valence-corrected chi connectivity index (χ0v) is 12.7. The van der Waals surface area contributed by atoms with Gasteiger partial charge in [-0.1, -0.05) is 41.9 Å². The highest BCUT2D eigenvalue weighted by Gasteiger charge is 2.20. The van der Waals surface area contributed by atoms with Crippen molar-refractivity contribution in [3.05, 3.63) is 76.3 Å². The van der Waals surface area contributed by atoms with E-state index in [2.05, 4.69) is 26.9 Å². The molecule has 5 heteroatoms. The van der Waals surface area contributed by atoms with Crippen molar-refractivity contribution in [3.63, 3.8) is 0 Å². The number of hydrogen-bond acceptors (Lipinski definition) is 3. The van der Waals surface area contributed by atoms with Crippen LogP contribution in [0.1, 0.15) is 22.8 Å². The maximum absolute atomic E-state index is 6.00. The molecule has 0 saturated carbocycles. The smallest absolute Gasteiger partial charge is 0.159 e. The van der Waals surface area contributed by atoms with Crippen LogP contribution in [-0.2, 0) is 6.54 Å². The second kappa shape index (κ2) is 5.07. The zero-order valence-electron chi connectivity index (χ0n) is 12.0. The van der Waals surface area contributed by atoms with E-state index in [9.17, 15) is 0 Å². The lowest BCUT2D eigenvalue weighted by Gasteiger charge is -2.12. The number of hydrogen-bond donors (Lipinski definition) is 0. The molecular formula is C17H13ClN4. The number of aromatic nitrogens is 3. The van der Waals surface area contributed by atoms with Gasteiger partial charge in [0.15, 0.2) is 5.82 Å². The van der Waals surface area contributed by atoms with E-state index in [0.29, 0.717) is 6.54 Å². The van der Waals surface area contributed by atoms with Gasteiger partial charge in [-0.25, -0.2) is 0 Å². The molecule has 0 spiro atoms. The first-order chi connectivity index (χ1) is 10.7. The molecule has 2 heterocycles. The molecule has 0 unspecified atom stereocenters. The molecule has 4 nitrogen and oxygen atoms in total. The zero-order chi connectivity index (χ0) is 15.1. The standard InChI is InChI=1S/C17H13ClN4/c1-11-20-21-16-10-19-17(12-6-8-13(18)9-7-12)14-4-2-3-5-15(14)22(11)16/h2-9H,10H2,1H3. The Morgan fingerprint density at radius 2 is 1.77 bits per heavy atom. The van der Waals surface area contributed by atoms with Crippen LogP contribution >= 0.6 is 11.6 Å². The van der Waals surface area contributed by atoms with Crippen molar-refractivity contribution >= 4 is 17.3 Å². The summed E-state index contributed by atoms with van der Waals surface area (Å²) < 4.78 is 2.07. The summed E-state index contributed by atoms with van der Waals surface area (Å²) in [5, 5.41) is 9.14. The van der Waals surface area contributed by atoms with Crippen LogP contribution < -0.4 is 0 Å². The fourth-order valence-corrected chi connectivity index (χ4v) is 2.91. The highest BCUT2D eigenvalue weighted by Crippen LogP contribution is 2.25. The molecule has 0 atom stereocenters. The lowest BCUT2D eigenvalue weighted by atomic mass is 10.0. The predicted molar refractivity (Wildman–Crippen MR) is 86.9 cm³/mol. The summed E-state index contributed by atoms with van der Waals surface area (Å²) in [5.41, 5.74) is 4.14. The average Bonchev–Trinajstić information content (AvgIpc) is 2.82. The molecule has 0 saturated heterocycles. The van der Waals surface area contributed by atoms with Gasteiger partial charge >= 0.3 is 0 Å². The summed E-state index contributed by atoms with van der Waals surface area (Å²) in [6, 6.07) is 16.0. The molecule has 0 fully saturated rings. The number of fused-ring (bicyclic) bond motifs is 3. The first-order valence-electron chi connectivity index (χ1n) is 7.05. The van der Waals surface area contributed by atoms with Gasteiger partial charge in [0.2, 0.25) is 0 Å². The van der Waals surface area contributed by atoms with Crippen molar-refractivity contribution in [1.82, 2.24) is 14.8 Å². The van der Waals surface area contributed by atoms with E-state index in [4.69, 9.17) is 16.6 Å². The second-order valence-electron chi connectivity index (χ2n) is 5.19. The van der Waals surface area contributed by atoms with Crippen molar-refractivity contribution in [2.75, 3.05) is 0 Å². The van der Waals surface area contributed by atoms with Crippen molar-refractivity contribution in [2.45, 2.75) is 13.5 Å². The number of rotatable bonds is 1. The van der Waals surface area contributed by atoms with Gasteiger partial charge < -0.3 is 0 Å². The molecule has 0 radical (unpaired) electrons. The van der Waals surface area contributed by atoms with Crippen LogP contribution in [0.15, 0.2) is 53.5 Å². The molecule has 0 amide bonds. The topological polar surface area (TPSA) is 43.1 Å². The highest BCUT2D eigenvalue weighted by atomic mass is 35.5. The van der Waals surface area contributed by atoms with Gasteiger partial charge in [-0.15, -0.1) is 10.2 Å². The van der Waals surface area contributed by atoms with E-state index >= 15 is 0 Å². The van der Waals surface area contributed by atoms with E-state index < -0.39 is 0 Å². The van der Waals surface area contributed by atoms with Crippen LogP contribution in [0.25, 0.3) is 5.69 Å². The molecule has 4 rings (SSSR count). The molecule has 1 aliphatic heterocycles. The molecule has 1 aromatic heterocycles. The minimum absolute atomic E-state index is 0.507. The first kappa shape index (κ1) is 13.2. The third kappa shape index (κ3) is 2.04. The lowest BCUT2D eigenvalue weighted by Crippen LogP contribution is -2.07. The fraction of sp³-hybridized carbons (Fsp3) is 0.118. The van der Waals surface area contributed by atoms with Gasteiger partial charge in [0.05, 0.1) is 11.4 Å². The fourth-order valence-electron chi connectivity index (χ4n) is 2.78. The lowest BCUT2D eigenvalue weighted by molar-refractivity contribution is 0.862. The van der Waals surface area contributed by atoms with Crippen LogP contribution in [0.5, 0.6) is 0 Å². The third-order valence-electron chi connectivity index (χ3n) is 3.79. The first-order valence-corrected chi connectivity index (χ1v) is 7.43. The van der Waals surface area contributed by atoms with Gasteiger partial charge in [-0.3, -0.25) is 9.56 Å². The summed E-state index contributed by atoms with van der Waals surface area (Å²) in [6.07, 6.45) is 0. The largest absolute Gasteiger partial charge is 0.281 e. The highest BCUT2D eigenvalue weighted by molar-refractivity contribution is 6.30. The van der Waals surface area contributed by atoms with Crippen LogP contribution in [0.4, 0.5) is 0 Å². The Morgan fingerprint density at radius 1 is 1.00 bits per heavy atom. The van der Waals surface area contributed by atoms with Crippen LogP contribution in [0, 0.1) is 6.92 Å². The van der Waals surface area contributed by atoms with Gasteiger partial charge in [0.1, 0.15) is 12.4 Å². The molecule has 3 aromatic rings. The Labute approximate surface area is 133 Å². The summed E-state index contributed by atoms with van der Waals surface area (Å²) in [5.74, 6) is 1.73. The monoisotopic (exact) mass is 308 g/mol. The van der Waals surface area contributed by atoms with Crippen molar-refractivity contribution in [1.29, 1.82) is 0 Å². The van der Waals surface area contributed by atoms with E-state index in [0.717, 1.165) is 39.2 Å². The Morgan fingerprint density at radius 3 is 2.59 bits per heavy atom. The van der Waals surface area contributed by atoms with Gasteiger partial charge in [-0.05, 0) is 25.1 Å². The van der Waals surface area contributed by atoms with E-state index in [1.54, 1.807) is 0 Å². The SMILES string of the molecule is Cc1nnc2n1-c1ccccc1C(c1ccc(Cl)cc1)=NC2. The van der Waals surface area contributed by atoms with Gasteiger partial charge in [-0.2, -0.15) is 0 Å². The van der Waals surface area contributed by atoms with Crippen LogP contribution in [0.3, 0.4) is 0 Å². The Balaban J connectivity index is 1.96. The number of para-hydroxylation sites is 1. The maximum atomic E-state index is 6.00. The molecule has 22 heavy (non-hydrogen) atoms. The van der Waals surface area contributed by atoms with E-state index in [1.807, 2.05) is 43.3 Å². The van der Waals surface area contributed by atoms with E-state index in [-0.39, 0.29) is 0 Å². The number of halogens is 1. The van der Waals surface area contributed by atoms with Crippen molar-refractivity contribution in [2.24, 2.45) is 4.99 Å². The third-order valence-corrected chi connectivity index (χ3v) is 4.04. The van der Waals surface area contributed by atoms with Crippen molar-refractivity contribution in [3.8, 4) is 5.69 Å². The maximum Gasteiger partial charge on any atom is 0.159 e. The predicted octanol–water partition coefficient (Wildman–Crippen LogP) is 3.58. The minimum atomic E-state index is 0.507. The normalized spacial score (nSPS) is 13.1. The van der Waals surface area contributed by atoms with E-state index in [1.165, 1.54) is 0 Å². The van der Waals surface area contributed by atoms with Gasteiger partial charge in [0, 0.05) is 16.1 Å². The molecular weight excluding hydrogens is 296 g/mol. The van der Waals surface area contributed by atoms with Gasteiger partial charge in [0.25, 0.3) is 0 Å². The Kier molecular flexibility index (Phi) is 3.05. The van der Waals surface area contributed by atoms with Crippen molar-refractivity contribution < 1.29 is 0 Å². The Hall–Kier alpha value is -2.46. The van der Waals surface area contributed by atoms with Crippen LogP contribution in [0.2, 0.25) is 5.02 Å². The number of nitrogens with zero attached hydrogens (tertiary/aromatic N) is 4. The molecule has 1 aliphatic rings. The quantitative estimate of drug-likeness (QED) is 0.689. The second-order valence-corrected chi connectivity index (χ2v) is 5.62. The average molecular weight is 309 g/mol. The summed E-state index contributed by atoms with van der Waals surface area (Å²) in [4.78, 5) is 4.77. The molecule has 2 aromatic carbocycles. The summed E-state index contributed by atoms with van der Waals surface area (Å²) in [7, 11) is 0. The molecule has 108 valence electrons. The molecule has 0 bridgehead atoms. The number of aryl methyl sites for hydroxylation is 1. The minimum Gasteiger partial charge on any atom is -0.281 e. The summed E-state index contributed by atoms with van der Waals surface area (Å²) >= 11 is 6.00. The molecule has 0 aliphatic carbocycles. The Bertz CT molecular complexity index is 878. The molecule has 0 N–H and O–H groups in total. The summed E-state index contributed by atoms with van der Waals surface area (Å²) in [6.45, 7) is 2.47.